The van der Waals surface area contributed by atoms with E-state index in [1.54, 1.807) is 19.3 Å². The van der Waals surface area contributed by atoms with Gasteiger partial charge in [-0.1, -0.05) is 0 Å². The van der Waals surface area contributed by atoms with Gasteiger partial charge in [0, 0.05) is 18.2 Å². The molecule has 108 valence electrons. The Morgan fingerprint density at radius 1 is 1.10 bits per heavy atom. The number of rotatable bonds is 4. The first-order valence-corrected chi connectivity index (χ1v) is 5.81. The molecule has 0 atom stereocenters. The number of nitrogen functional groups attached to an aromatic ring is 1. The van der Waals surface area contributed by atoms with Gasteiger partial charge in [-0.2, -0.15) is 9.49 Å². The van der Waals surface area contributed by atoms with E-state index in [0.717, 1.165) is 0 Å². The highest BCUT2D eigenvalue weighted by atomic mass is 19.1. The number of aryl methyl sites for hydroxylation is 1. The molecule has 2 aromatic rings. The Labute approximate surface area is 115 Å². The lowest BCUT2D eigenvalue weighted by Gasteiger charge is -2.15. The molecule has 1 aromatic carbocycles. The summed E-state index contributed by atoms with van der Waals surface area (Å²) in [6, 6.07) is 1.61. The zero-order valence-electron chi connectivity index (χ0n) is 11.7. The molecule has 0 aliphatic heterocycles. The Morgan fingerprint density at radius 2 is 1.75 bits per heavy atom. The fourth-order valence-electron chi connectivity index (χ4n) is 1.99. The predicted molar refractivity (Wildman–Crippen MR) is 72.7 cm³/mol. The average Bonchev–Trinajstić information content (AvgIpc) is 2.77. The summed E-state index contributed by atoms with van der Waals surface area (Å²) in [6.45, 7) is 0. The van der Waals surface area contributed by atoms with Crippen molar-refractivity contribution in [3.8, 4) is 28.4 Å². The van der Waals surface area contributed by atoms with Crippen molar-refractivity contribution in [3.05, 3.63) is 18.1 Å². The van der Waals surface area contributed by atoms with E-state index >= 15 is 0 Å². The molecule has 0 bridgehead atoms. The number of anilines is 1. The third-order valence-electron chi connectivity index (χ3n) is 3.05. The molecule has 1 heterocycles. The van der Waals surface area contributed by atoms with Gasteiger partial charge in [0.2, 0.25) is 11.6 Å². The molecule has 0 aliphatic rings. The lowest BCUT2D eigenvalue weighted by atomic mass is 10.1. The second-order valence-corrected chi connectivity index (χ2v) is 4.07. The summed E-state index contributed by atoms with van der Waals surface area (Å²) in [5, 5.41) is 4.04. The summed E-state index contributed by atoms with van der Waals surface area (Å²) >= 11 is 0. The van der Waals surface area contributed by atoms with Gasteiger partial charge < -0.3 is 19.9 Å². The van der Waals surface area contributed by atoms with Crippen LogP contribution in [-0.4, -0.2) is 31.1 Å². The van der Waals surface area contributed by atoms with E-state index in [4.69, 9.17) is 19.9 Å². The summed E-state index contributed by atoms with van der Waals surface area (Å²) in [6.07, 6.45) is 1.54. The molecule has 0 spiro atoms. The second-order valence-electron chi connectivity index (χ2n) is 4.07. The number of benzene rings is 1. The van der Waals surface area contributed by atoms with E-state index in [9.17, 15) is 4.39 Å². The van der Waals surface area contributed by atoms with Gasteiger partial charge >= 0.3 is 0 Å². The van der Waals surface area contributed by atoms with Crippen LogP contribution < -0.4 is 19.9 Å². The number of aromatic nitrogens is 2. The molecular formula is C13H16FN3O3. The van der Waals surface area contributed by atoms with Crippen LogP contribution in [0.5, 0.6) is 17.2 Å². The van der Waals surface area contributed by atoms with Gasteiger partial charge in [-0.15, -0.1) is 0 Å². The Kier molecular flexibility index (Phi) is 3.69. The summed E-state index contributed by atoms with van der Waals surface area (Å²) in [7, 11) is 5.86. The van der Waals surface area contributed by atoms with E-state index in [-0.39, 0.29) is 17.2 Å². The second kappa shape index (κ2) is 5.28. The molecule has 0 amide bonds. The number of nitrogens with zero attached hydrogens (tertiary/aromatic N) is 2. The van der Waals surface area contributed by atoms with Gasteiger partial charge in [-0.25, -0.2) is 0 Å². The maximum atomic E-state index is 14.4. The first kappa shape index (κ1) is 14.0. The molecule has 0 saturated heterocycles. The number of nitrogens with two attached hydrogens (primary N) is 1. The Bertz CT molecular complexity index is 640. The molecule has 7 heteroatoms. The van der Waals surface area contributed by atoms with Gasteiger partial charge in [0.15, 0.2) is 11.5 Å². The van der Waals surface area contributed by atoms with E-state index < -0.39 is 5.82 Å². The molecule has 0 unspecified atom stereocenters. The van der Waals surface area contributed by atoms with Crippen molar-refractivity contribution in [1.29, 1.82) is 0 Å². The molecule has 6 nitrogen and oxygen atoms in total. The topological polar surface area (TPSA) is 71.5 Å². The van der Waals surface area contributed by atoms with Crippen LogP contribution in [0, 0.1) is 5.82 Å². The zero-order chi connectivity index (χ0) is 14.9. The van der Waals surface area contributed by atoms with Crippen molar-refractivity contribution in [3.63, 3.8) is 0 Å². The average molecular weight is 281 g/mol. The van der Waals surface area contributed by atoms with Crippen LogP contribution in [0.3, 0.4) is 0 Å². The lowest BCUT2D eigenvalue weighted by molar-refractivity contribution is 0.321. The molecule has 2 rings (SSSR count). The number of hydrogen-bond acceptors (Lipinski definition) is 5. The Hall–Kier alpha value is -2.44. The highest BCUT2D eigenvalue weighted by Crippen LogP contribution is 2.44. The molecule has 0 fully saturated rings. The molecule has 0 saturated carbocycles. The summed E-state index contributed by atoms with van der Waals surface area (Å²) in [5.74, 6) is 0.0180. The van der Waals surface area contributed by atoms with Crippen LogP contribution >= 0.6 is 0 Å². The minimum Gasteiger partial charge on any atom is -0.493 e. The fraction of sp³-hybridized carbons (Fsp3) is 0.308. The summed E-state index contributed by atoms with van der Waals surface area (Å²) in [5.41, 5.74) is 6.93. The van der Waals surface area contributed by atoms with E-state index in [1.807, 2.05) is 0 Å². The zero-order valence-corrected chi connectivity index (χ0v) is 11.7. The lowest BCUT2D eigenvalue weighted by Crippen LogP contribution is -2.01. The maximum Gasteiger partial charge on any atom is 0.211 e. The van der Waals surface area contributed by atoms with E-state index in [1.165, 1.54) is 26.0 Å². The maximum absolute atomic E-state index is 14.4. The molecule has 2 N–H and O–H groups in total. The largest absolute Gasteiger partial charge is 0.493 e. The van der Waals surface area contributed by atoms with Crippen LogP contribution in [0.4, 0.5) is 10.2 Å². The number of methoxy groups -OCH3 is 3. The van der Waals surface area contributed by atoms with Gasteiger partial charge in [-0.3, -0.25) is 4.68 Å². The summed E-state index contributed by atoms with van der Waals surface area (Å²) < 4.78 is 31.2. The van der Waals surface area contributed by atoms with Crippen LogP contribution in [0.1, 0.15) is 0 Å². The molecule has 20 heavy (non-hydrogen) atoms. The first-order chi connectivity index (χ1) is 9.54. The quantitative estimate of drug-likeness (QED) is 0.925. The van der Waals surface area contributed by atoms with E-state index in [0.29, 0.717) is 16.9 Å². The van der Waals surface area contributed by atoms with Crippen molar-refractivity contribution in [2.75, 3.05) is 27.1 Å². The first-order valence-electron chi connectivity index (χ1n) is 5.81. The highest BCUT2D eigenvalue weighted by molar-refractivity contribution is 5.81. The van der Waals surface area contributed by atoms with E-state index in [2.05, 4.69) is 5.10 Å². The van der Waals surface area contributed by atoms with Crippen molar-refractivity contribution in [1.82, 2.24) is 9.78 Å². The van der Waals surface area contributed by atoms with Crippen LogP contribution in [0.25, 0.3) is 11.1 Å². The normalized spacial score (nSPS) is 10.4. The fourth-order valence-corrected chi connectivity index (χ4v) is 1.99. The van der Waals surface area contributed by atoms with Gasteiger partial charge in [0.1, 0.15) is 5.82 Å². The SMILES string of the molecule is COc1cc(-c2cnn(C)c2N)c(OC)c(F)c1OC. The van der Waals surface area contributed by atoms with Crippen molar-refractivity contribution < 1.29 is 18.6 Å². The monoisotopic (exact) mass is 281 g/mol. The van der Waals surface area contributed by atoms with Crippen LogP contribution in [0.15, 0.2) is 12.3 Å². The number of hydrogen-bond donors (Lipinski definition) is 1. The van der Waals surface area contributed by atoms with Crippen LogP contribution in [0.2, 0.25) is 0 Å². The van der Waals surface area contributed by atoms with Gasteiger partial charge in [0.05, 0.1) is 27.5 Å². The standard InChI is InChI=1S/C13H16FN3O3/c1-17-13(15)8(6-16-17)7-5-9(18-2)12(20-4)10(14)11(7)19-3/h5-6H,15H2,1-4H3. The van der Waals surface area contributed by atoms with Crippen LogP contribution in [-0.2, 0) is 7.05 Å². The number of ether oxygens (including phenoxy) is 3. The minimum absolute atomic E-state index is 0.0180. The highest BCUT2D eigenvalue weighted by Gasteiger charge is 2.23. The molecule has 0 radical (unpaired) electrons. The molecule has 1 aromatic heterocycles. The Balaban J connectivity index is 2.75. The molecular weight excluding hydrogens is 265 g/mol. The third kappa shape index (κ3) is 2.01. The predicted octanol–water partition coefficient (Wildman–Crippen LogP) is 1.83. The third-order valence-corrected chi connectivity index (χ3v) is 3.05. The van der Waals surface area contributed by atoms with Crippen molar-refractivity contribution in [2.24, 2.45) is 7.05 Å². The number of halogens is 1. The smallest absolute Gasteiger partial charge is 0.211 e. The minimum atomic E-state index is -0.646. The molecule has 0 aliphatic carbocycles. The Morgan fingerprint density at radius 3 is 2.20 bits per heavy atom. The van der Waals surface area contributed by atoms with Gasteiger partial charge in [0.25, 0.3) is 0 Å². The summed E-state index contributed by atoms with van der Waals surface area (Å²) in [4.78, 5) is 0. The van der Waals surface area contributed by atoms with Crippen molar-refractivity contribution in [2.45, 2.75) is 0 Å². The van der Waals surface area contributed by atoms with Crippen molar-refractivity contribution >= 4 is 5.82 Å². The van der Waals surface area contributed by atoms with Gasteiger partial charge in [-0.05, 0) is 6.07 Å².